The molecule has 0 spiro atoms. The number of nitrogens with one attached hydrogen (secondary N) is 2. The summed E-state index contributed by atoms with van der Waals surface area (Å²) in [6.45, 7) is 0.355. The number of hydrogen-bond donors (Lipinski definition) is 4. The zero-order valence-electron chi connectivity index (χ0n) is 17.9. The van der Waals surface area contributed by atoms with Crippen molar-refractivity contribution in [2.45, 2.75) is 37.8 Å². The van der Waals surface area contributed by atoms with Crippen LogP contribution in [0, 0.1) is 21.4 Å². The number of pyridine rings is 2. The first-order chi connectivity index (χ1) is 16.0. The lowest BCUT2D eigenvalue weighted by atomic mass is 9.93. The summed E-state index contributed by atoms with van der Waals surface area (Å²) in [5.41, 5.74) is 0.0501. The molecule has 1 saturated carbocycles. The van der Waals surface area contributed by atoms with Crippen LogP contribution in [0.2, 0.25) is 0 Å². The molecule has 0 saturated heterocycles. The number of nitriles is 1. The fourth-order valence-electron chi connectivity index (χ4n) is 3.38. The molecular formula is C21H26N6O6. The van der Waals surface area contributed by atoms with Gasteiger partial charge < -0.3 is 30.3 Å². The van der Waals surface area contributed by atoms with Crippen molar-refractivity contribution in [1.29, 1.82) is 5.26 Å². The average molecular weight is 458 g/mol. The largest absolute Gasteiger partial charge is 0.487 e. The standard InChI is InChI=1S/C21H26N6O6/c22-12-14-1-6-19(23-13-14)25-20-17(27(30)31)11-18(33-10-9-32-8-7-28)21(26-20)24-15-2-4-16(29)5-3-15/h1,6,11,13,15-16,28-29H,2-5,7-10H2,(H2,23,24,25,26). The fourth-order valence-corrected chi connectivity index (χ4v) is 3.38. The Morgan fingerprint density at radius 1 is 1.21 bits per heavy atom. The number of nitro groups is 1. The van der Waals surface area contributed by atoms with Gasteiger partial charge in [0.2, 0.25) is 5.82 Å². The van der Waals surface area contributed by atoms with Crippen LogP contribution < -0.4 is 15.4 Å². The van der Waals surface area contributed by atoms with E-state index in [9.17, 15) is 15.2 Å². The predicted octanol–water partition coefficient (Wildman–Crippen LogP) is 2.10. The Hall–Kier alpha value is -3.53. The van der Waals surface area contributed by atoms with Gasteiger partial charge in [-0.05, 0) is 37.8 Å². The second kappa shape index (κ2) is 11.9. The number of nitrogens with zero attached hydrogens (tertiary/aromatic N) is 4. The van der Waals surface area contributed by atoms with Crippen molar-refractivity contribution in [2.75, 3.05) is 37.1 Å². The van der Waals surface area contributed by atoms with Gasteiger partial charge in [-0.25, -0.2) is 9.97 Å². The van der Waals surface area contributed by atoms with Gasteiger partial charge in [0, 0.05) is 12.2 Å². The lowest BCUT2D eigenvalue weighted by Gasteiger charge is -2.27. The molecule has 0 atom stereocenters. The minimum absolute atomic E-state index is 0.0243. The van der Waals surface area contributed by atoms with Crippen molar-refractivity contribution >= 4 is 23.1 Å². The molecule has 2 heterocycles. The highest BCUT2D eigenvalue weighted by Crippen LogP contribution is 2.36. The minimum atomic E-state index is -0.575. The molecule has 3 rings (SSSR count). The van der Waals surface area contributed by atoms with Crippen LogP contribution in [0.25, 0.3) is 0 Å². The van der Waals surface area contributed by atoms with Crippen molar-refractivity contribution in [2.24, 2.45) is 0 Å². The molecule has 33 heavy (non-hydrogen) atoms. The maximum absolute atomic E-state index is 11.7. The van der Waals surface area contributed by atoms with Gasteiger partial charge in [0.05, 0.1) is 42.5 Å². The lowest BCUT2D eigenvalue weighted by molar-refractivity contribution is -0.384. The molecule has 0 bridgehead atoms. The first kappa shape index (κ1) is 24.1. The smallest absolute Gasteiger partial charge is 0.315 e. The van der Waals surface area contributed by atoms with Crippen molar-refractivity contribution in [3.8, 4) is 11.8 Å². The molecule has 4 N–H and O–H groups in total. The SMILES string of the molecule is N#Cc1ccc(Nc2nc(NC3CCC(O)CC3)c(OCCOCCO)cc2[N+](=O)[O-])nc1. The number of anilines is 3. The number of aliphatic hydroxyl groups is 2. The number of aliphatic hydroxyl groups excluding tert-OH is 2. The summed E-state index contributed by atoms with van der Waals surface area (Å²) in [5.74, 6) is 0.779. The first-order valence-corrected chi connectivity index (χ1v) is 10.6. The van der Waals surface area contributed by atoms with E-state index in [4.69, 9.17) is 19.8 Å². The van der Waals surface area contributed by atoms with Gasteiger partial charge in [0.25, 0.3) is 0 Å². The molecule has 0 radical (unpaired) electrons. The third kappa shape index (κ3) is 6.98. The van der Waals surface area contributed by atoms with E-state index in [2.05, 4.69) is 20.6 Å². The summed E-state index contributed by atoms with van der Waals surface area (Å²) in [5, 5.41) is 45.3. The van der Waals surface area contributed by atoms with Crippen molar-refractivity contribution < 1.29 is 24.6 Å². The first-order valence-electron chi connectivity index (χ1n) is 10.6. The van der Waals surface area contributed by atoms with Crippen molar-refractivity contribution in [3.63, 3.8) is 0 Å². The van der Waals surface area contributed by atoms with Gasteiger partial charge in [-0.3, -0.25) is 10.1 Å². The van der Waals surface area contributed by atoms with Gasteiger partial charge in [0.1, 0.15) is 18.5 Å². The van der Waals surface area contributed by atoms with Crippen molar-refractivity contribution in [3.05, 3.63) is 40.1 Å². The maximum Gasteiger partial charge on any atom is 0.315 e. The topological polar surface area (TPSA) is 176 Å². The molecule has 1 aliphatic rings. The van der Waals surface area contributed by atoms with E-state index in [0.29, 0.717) is 30.0 Å². The van der Waals surface area contributed by atoms with E-state index in [1.807, 2.05) is 6.07 Å². The van der Waals surface area contributed by atoms with Gasteiger partial charge >= 0.3 is 5.69 Å². The van der Waals surface area contributed by atoms with Crippen LogP contribution in [0.1, 0.15) is 31.2 Å². The zero-order chi connectivity index (χ0) is 23.6. The second-order valence-electron chi connectivity index (χ2n) is 7.46. The van der Waals surface area contributed by atoms with Gasteiger partial charge in [-0.15, -0.1) is 0 Å². The van der Waals surface area contributed by atoms with Crippen LogP contribution in [0.15, 0.2) is 24.4 Å². The number of ether oxygens (including phenoxy) is 2. The highest BCUT2D eigenvalue weighted by Gasteiger charge is 2.25. The summed E-state index contributed by atoms with van der Waals surface area (Å²) < 4.78 is 10.9. The van der Waals surface area contributed by atoms with Crippen LogP contribution in [0.3, 0.4) is 0 Å². The van der Waals surface area contributed by atoms with Gasteiger partial charge in [-0.1, -0.05) is 0 Å². The molecule has 12 heteroatoms. The Morgan fingerprint density at radius 3 is 2.64 bits per heavy atom. The monoisotopic (exact) mass is 458 g/mol. The molecule has 0 aliphatic heterocycles. The Bertz CT molecular complexity index is 972. The van der Waals surface area contributed by atoms with Crippen LogP contribution in [0.5, 0.6) is 5.75 Å². The molecular weight excluding hydrogens is 432 g/mol. The molecule has 1 fully saturated rings. The van der Waals surface area contributed by atoms with E-state index in [1.54, 1.807) is 0 Å². The third-order valence-electron chi connectivity index (χ3n) is 5.06. The van der Waals surface area contributed by atoms with E-state index < -0.39 is 4.92 Å². The van der Waals surface area contributed by atoms with Crippen LogP contribution in [0.4, 0.5) is 23.1 Å². The molecule has 2 aromatic heterocycles. The lowest BCUT2D eigenvalue weighted by Crippen LogP contribution is -2.29. The average Bonchev–Trinajstić information content (AvgIpc) is 2.81. The van der Waals surface area contributed by atoms with E-state index in [0.717, 1.165) is 12.8 Å². The molecule has 0 aromatic carbocycles. The van der Waals surface area contributed by atoms with E-state index in [-0.39, 0.29) is 55.8 Å². The summed E-state index contributed by atoms with van der Waals surface area (Å²) in [4.78, 5) is 19.7. The van der Waals surface area contributed by atoms with Crippen LogP contribution in [-0.2, 0) is 4.74 Å². The normalized spacial score (nSPS) is 17.7. The van der Waals surface area contributed by atoms with Gasteiger partial charge in [-0.2, -0.15) is 5.26 Å². The fraction of sp³-hybridized carbons (Fsp3) is 0.476. The molecule has 0 amide bonds. The highest BCUT2D eigenvalue weighted by atomic mass is 16.6. The summed E-state index contributed by atoms with van der Waals surface area (Å²) in [6, 6.07) is 6.34. The summed E-state index contributed by atoms with van der Waals surface area (Å²) in [7, 11) is 0. The van der Waals surface area contributed by atoms with E-state index >= 15 is 0 Å². The number of aromatic nitrogens is 2. The molecule has 12 nitrogen and oxygen atoms in total. The summed E-state index contributed by atoms with van der Waals surface area (Å²) >= 11 is 0. The van der Waals surface area contributed by atoms with Crippen LogP contribution in [-0.4, -0.2) is 63.7 Å². The summed E-state index contributed by atoms with van der Waals surface area (Å²) in [6.07, 6.45) is 3.76. The molecule has 176 valence electrons. The third-order valence-corrected chi connectivity index (χ3v) is 5.06. The van der Waals surface area contributed by atoms with Gasteiger partial charge in [0.15, 0.2) is 11.6 Å². The second-order valence-corrected chi connectivity index (χ2v) is 7.46. The minimum Gasteiger partial charge on any atom is -0.487 e. The Kier molecular flexibility index (Phi) is 8.71. The van der Waals surface area contributed by atoms with Crippen LogP contribution >= 0.6 is 0 Å². The Balaban J connectivity index is 1.86. The molecule has 0 unspecified atom stereocenters. The Labute approximate surface area is 190 Å². The molecule has 2 aromatic rings. The Morgan fingerprint density at radius 2 is 2.00 bits per heavy atom. The van der Waals surface area contributed by atoms with Crippen molar-refractivity contribution in [1.82, 2.24) is 9.97 Å². The maximum atomic E-state index is 11.7. The number of rotatable bonds is 11. The molecule has 1 aliphatic carbocycles. The van der Waals surface area contributed by atoms with E-state index in [1.165, 1.54) is 24.4 Å². The quantitative estimate of drug-likeness (QED) is 0.220. The zero-order valence-corrected chi connectivity index (χ0v) is 17.9. The highest BCUT2D eigenvalue weighted by molar-refractivity contribution is 5.70. The predicted molar refractivity (Wildman–Crippen MR) is 118 cm³/mol. The number of hydrogen-bond acceptors (Lipinski definition) is 11.